The Morgan fingerprint density at radius 3 is 2.61 bits per heavy atom. The molecule has 2 N–H and O–H groups in total. The van der Waals surface area contributed by atoms with Crippen LogP contribution in [0.25, 0.3) is 22.0 Å². The molecule has 2 heterocycles. The molecule has 0 bridgehead atoms. The van der Waals surface area contributed by atoms with Gasteiger partial charge in [0, 0.05) is 41.2 Å². The summed E-state index contributed by atoms with van der Waals surface area (Å²) in [5, 5.41) is 1.16. The normalized spacial score (nSPS) is 25.0. The van der Waals surface area contributed by atoms with Crippen molar-refractivity contribution in [2.75, 3.05) is 0 Å². The van der Waals surface area contributed by atoms with Crippen LogP contribution < -0.4 is 5.73 Å². The SMILES string of the molecule is CC1=C(C2CC(c3ccc(-c4cccc5cccnc45)cc3C)=Nc3ccccc32)C=CC(C2C=CCC(/C=C\P)C2N)C1. The first kappa shape index (κ1) is 28.8. The molecule has 6 atom stereocenters. The van der Waals surface area contributed by atoms with Crippen molar-refractivity contribution < 1.29 is 0 Å². The highest BCUT2D eigenvalue weighted by atomic mass is 31.0. The Bertz CT molecular complexity index is 1870. The van der Waals surface area contributed by atoms with Crippen molar-refractivity contribution in [3.05, 3.63) is 143 Å². The van der Waals surface area contributed by atoms with Crippen LogP contribution in [0, 0.1) is 24.7 Å². The second-order valence-electron chi connectivity index (χ2n) is 12.6. The summed E-state index contributed by atoms with van der Waals surface area (Å²) in [4.78, 5) is 9.94. The van der Waals surface area contributed by atoms with E-state index in [-0.39, 0.29) is 12.0 Å². The standard InChI is InChI=1S/C40H40N3P/c1-25-22-29(33-12-5-8-27(19-21-44)39(33)41)15-17-31(25)36-24-38(43-37-14-4-3-11-35(36)37)32-18-16-30(23-26(32)2)34-13-6-9-28-10-7-20-42-40(28)34/h3-7,9-21,23,27,29,33,36,39H,8,22,24,41,44H2,1-2H3/b21-19-. The number of fused-ring (bicyclic) bond motifs is 2. The summed E-state index contributed by atoms with van der Waals surface area (Å²) in [7, 11) is 2.70. The Balaban J connectivity index is 1.19. The molecule has 3 nitrogen and oxygen atoms in total. The van der Waals surface area contributed by atoms with Crippen molar-refractivity contribution >= 4 is 31.5 Å². The molecule has 0 saturated carbocycles. The molecule has 4 heteroatoms. The Morgan fingerprint density at radius 1 is 0.909 bits per heavy atom. The van der Waals surface area contributed by atoms with Gasteiger partial charge in [-0.2, -0.15) is 0 Å². The topological polar surface area (TPSA) is 51.3 Å². The molecule has 0 amide bonds. The maximum atomic E-state index is 6.82. The van der Waals surface area contributed by atoms with Crippen LogP contribution in [0.2, 0.25) is 0 Å². The average Bonchev–Trinajstić information content (AvgIpc) is 3.05. The molecule has 3 aliphatic rings. The van der Waals surface area contributed by atoms with E-state index in [2.05, 4.69) is 126 Å². The van der Waals surface area contributed by atoms with Crippen molar-refractivity contribution in [1.29, 1.82) is 0 Å². The average molecular weight is 594 g/mol. The zero-order valence-electron chi connectivity index (χ0n) is 25.5. The molecular weight excluding hydrogens is 553 g/mol. The fourth-order valence-electron chi connectivity index (χ4n) is 7.65. The van der Waals surface area contributed by atoms with Gasteiger partial charge in [-0.25, -0.2) is 0 Å². The van der Waals surface area contributed by atoms with Crippen LogP contribution in [-0.2, 0) is 0 Å². The Hall–Kier alpha value is -3.91. The largest absolute Gasteiger partial charge is 0.327 e. The minimum absolute atomic E-state index is 0.144. The summed E-state index contributed by atoms with van der Waals surface area (Å²) in [5.41, 5.74) is 19.2. The molecule has 220 valence electrons. The lowest BCUT2D eigenvalue weighted by Gasteiger charge is -2.37. The smallest absolute Gasteiger partial charge is 0.0780 e. The van der Waals surface area contributed by atoms with Gasteiger partial charge in [-0.1, -0.05) is 102 Å². The van der Waals surface area contributed by atoms with Crippen LogP contribution >= 0.6 is 9.24 Å². The number of aromatic nitrogens is 1. The van der Waals surface area contributed by atoms with E-state index < -0.39 is 0 Å². The first-order valence-corrected chi connectivity index (χ1v) is 16.5. The molecule has 3 aromatic carbocycles. The number of hydrogen-bond donors (Lipinski definition) is 1. The number of aliphatic imine (C=N–C) groups is 1. The molecule has 2 aliphatic carbocycles. The minimum atomic E-state index is 0.144. The van der Waals surface area contributed by atoms with E-state index in [4.69, 9.17) is 15.7 Å². The van der Waals surface area contributed by atoms with E-state index in [1.165, 1.54) is 33.4 Å². The molecule has 7 rings (SSSR count). The van der Waals surface area contributed by atoms with Crippen LogP contribution in [-0.4, -0.2) is 16.7 Å². The van der Waals surface area contributed by atoms with E-state index in [0.29, 0.717) is 17.8 Å². The van der Waals surface area contributed by atoms with Crippen LogP contribution in [0.5, 0.6) is 0 Å². The van der Waals surface area contributed by atoms with Crippen LogP contribution in [0.3, 0.4) is 0 Å². The summed E-state index contributed by atoms with van der Waals surface area (Å²) >= 11 is 0. The van der Waals surface area contributed by atoms with Crippen LogP contribution in [0.15, 0.2) is 131 Å². The Kier molecular flexibility index (Phi) is 8.02. The van der Waals surface area contributed by atoms with E-state index in [1.54, 1.807) is 0 Å². The first-order chi connectivity index (χ1) is 21.5. The minimum Gasteiger partial charge on any atom is -0.327 e. The second-order valence-corrected chi connectivity index (χ2v) is 13.0. The molecule has 0 radical (unpaired) electrons. The molecule has 1 aromatic heterocycles. The monoisotopic (exact) mass is 593 g/mol. The molecule has 44 heavy (non-hydrogen) atoms. The zero-order chi connectivity index (χ0) is 30.2. The predicted molar refractivity (Wildman–Crippen MR) is 189 cm³/mol. The maximum Gasteiger partial charge on any atom is 0.0780 e. The lowest BCUT2D eigenvalue weighted by molar-refractivity contribution is 0.316. The van der Waals surface area contributed by atoms with Gasteiger partial charge < -0.3 is 5.73 Å². The van der Waals surface area contributed by atoms with Crippen LogP contribution in [0.1, 0.15) is 48.8 Å². The highest BCUT2D eigenvalue weighted by Gasteiger charge is 2.34. The van der Waals surface area contributed by atoms with Gasteiger partial charge in [0.25, 0.3) is 0 Å². The van der Waals surface area contributed by atoms with E-state index >= 15 is 0 Å². The first-order valence-electron chi connectivity index (χ1n) is 15.8. The van der Waals surface area contributed by atoms with Crippen molar-refractivity contribution in [2.24, 2.45) is 28.5 Å². The molecule has 4 aromatic rings. The number of nitrogens with two attached hydrogens (primary N) is 1. The van der Waals surface area contributed by atoms with Crippen molar-refractivity contribution in [3.8, 4) is 11.1 Å². The number of nitrogens with zero attached hydrogens (tertiary/aromatic N) is 2. The molecule has 0 spiro atoms. The third-order valence-corrected chi connectivity index (χ3v) is 10.2. The molecule has 6 unspecified atom stereocenters. The fourth-order valence-corrected chi connectivity index (χ4v) is 7.93. The Morgan fingerprint density at radius 2 is 1.77 bits per heavy atom. The summed E-state index contributed by atoms with van der Waals surface area (Å²) in [6.45, 7) is 4.54. The number of allylic oxidation sites excluding steroid dienone is 5. The highest BCUT2D eigenvalue weighted by Crippen LogP contribution is 2.45. The van der Waals surface area contributed by atoms with Gasteiger partial charge in [-0.3, -0.25) is 9.98 Å². The summed E-state index contributed by atoms with van der Waals surface area (Å²) < 4.78 is 0. The maximum absolute atomic E-state index is 6.82. The Labute approximate surface area is 263 Å². The summed E-state index contributed by atoms with van der Waals surface area (Å²) in [6.07, 6.45) is 16.6. The van der Waals surface area contributed by atoms with E-state index in [1.807, 2.05) is 12.3 Å². The molecule has 1 aliphatic heterocycles. The van der Waals surface area contributed by atoms with E-state index in [0.717, 1.165) is 47.1 Å². The zero-order valence-corrected chi connectivity index (χ0v) is 26.7. The molecule has 0 fully saturated rings. The van der Waals surface area contributed by atoms with Gasteiger partial charge in [-0.15, -0.1) is 9.24 Å². The highest BCUT2D eigenvalue weighted by molar-refractivity contribution is 7.20. The third-order valence-electron chi connectivity index (χ3n) is 9.94. The number of aryl methyl sites for hydroxylation is 1. The number of pyridine rings is 1. The summed E-state index contributed by atoms with van der Waals surface area (Å²) in [5.74, 6) is 3.53. The van der Waals surface area contributed by atoms with Gasteiger partial charge in [0.1, 0.15) is 0 Å². The van der Waals surface area contributed by atoms with Crippen LogP contribution in [0.4, 0.5) is 5.69 Å². The third kappa shape index (κ3) is 5.34. The van der Waals surface area contributed by atoms with Gasteiger partial charge in [-0.05, 0) is 84.4 Å². The molecular formula is C40H40N3P. The number of hydrogen-bond acceptors (Lipinski definition) is 3. The van der Waals surface area contributed by atoms with Crippen molar-refractivity contribution in [1.82, 2.24) is 4.98 Å². The van der Waals surface area contributed by atoms with Crippen molar-refractivity contribution in [2.45, 2.75) is 45.1 Å². The van der Waals surface area contributed by atoms with Gasteiger partial charge in [0.15, 0.2) is 0 Å². The summed E-state index contributed by atoms with van der Waals surface area (Å²) in [6, 6.07) is 26.2. The number of benzene rings is 3. The number of para-hydroxylation sites is 2. The second kappa shape index (κ2) is 12.2. The fraction of sp³-hybridized carbons (Fsp3) is 0.250. The lowest BCUT2D eigenvalue weighted by atomic mass is 9.70. The number of rotatable bonds is 5. The molecule has 0 saturated heterocycles. The predicted octanol–water partition coefficient (Wildman–Crippen LogP) is 9.62. The van der Waals surface area contributed by atoms with Gasteiger partial charge in [0.2, 0.25) is 0 Å². The van der Waals surface area contributed by atoms with E-state index in [9.17, 15) is 0 Å². The lowest BCUT2D eigenvalue weighted by Crippen LogP contribution is -2.41. The van der Waals surface area contributed by atoms with Gasteiger partial charge in [0.05, 0.1) is 11.2 Å². The van der Waals surface area contributed by atoms with Crippen molar-refractivity contribution in [3.63, 3.8) is 0 Å². The van der Waals surface area contributed by atoms with Gasteiger partial charge >= 0.3 is 0 Å². The quantitative estimate of drug-likeness (QED) is 0.185.